The highest BCUT2D eigenvalue weighted by Gasteiger charge is 2.19. The third kappa shape index (κ3) is 4.54. The highest BCUT2D eigenvalue weighted by Crippen LogP contribution is 2.29. The molecular weight excluding hydrogens is 462 g/mol. The van der Waals surface area contributed by atoms with Crippen molar-refractivity contribution >= 4 is 45.7 Å². The first-order valence-electron chi connectivity index (χ1n) is 11.7. The van der Waals surface area contributed by atoms with Gasteiger partial charge in [-0.3, -0.25) is 9.36 Å². The second kappa shape index (κ2) is 9.56. The fourth-order valence-corrected chi connectivity index (χ4v) is 4.84. The van der Waals surface area contributed by atoms with Gasteiger partial charge in [-0.2, -0.15) is 4.98 Å². The first-order valence-corrected chi connectivity index (χ1v) is 12.1. The van der Waals surface area contributed by atoms with Crippen molar-refractivity contribution in [2.24, 2.45) is 5.73 Å². The van der Waals surface area contributed by atoms with E-state index in [0.29, 0.717) is 22.4 Å². The van der Waals surface area contributed by atoms with Crippen LogP contribution < -0.4 is 16.0 Å². The molecule has 0 unspecified atom stereocenters. The lowest BCUT2D eigenvalue weighted by Gasteiger charge is -2.36. The Morgan fingerprint density at radius 3 is 2.63 bits per heavy atom. The maximum absolute atomic E-state index is 12.0. The maximum Gasteiger partial charge on any atom is 0.250 e. The van der Waals surface area contributed by atoms with E-state index in [9.17, 15) is 4.79 Å². The van der Waals surface area contributed by atoms with Gasteiger partial charge >= 0.3 is 0 Å². The monoisotopic (exact) mass is 489 g/mol. The summed E-state index contributed by atoms with van der Waals surface area (Å²) in [6, 6.07) is 13.8. The van der Waals surface area contributed by atoms with E-state index in [2.05, 4.69) is 51.1 Å². The predicted molar refractivity (Wildman–Crippen MR) is 141 cm³/mol. The average Bonchev–Trinajstić information content (AvgIpc) is 3.25. The zero-order valence-electron chi connectivity index (χ0n) is 19.8. The first-order chi connectivity index (χ1) is 16.9. The van der Waals surface area contributed by atoms with Crippen LogP contribution in [-0.2, 0) is 0 Å². The number of hydrogen-bond donors (Lipinski definition) is 2. The minimum Gasteiger partial charge on any atom is -0.369 e. The fourth-order valence-electron chi connectivity index (χ4n) is 4.66. The molecule has 0 radical (unpaired) electrons. The third-order valence-corrected chi connectivity index (χ3v) is 6.81. The van der Waals surface area contributed by atoms with Crippen LogP contribution in [0.5, 0.6) is 0 Å². The Morgan fingerprint density at radius 1 is 1.14 bits per heavy atom. The molecule has 9 heteroatoms. The van der Waals surface area contributed by atoms with Crippen molar-refractivity contribution in [1.82, 2.24) is 19.4 Å². The largest absolute Gasteiger partial charge is 0.369 e. The van der Waals surface area contributed by atoms with Crippen molar-refractivity contribution in [3.63, 3.8) is 0 Å². The van der Waals surface area contributed by atoms with Crippen LogP contribution in [0, 0.1) is 6.92 Å². The van der Waals surface area contributed by atoms with Gasteiger partial charge in [0.2, 0.25) is 5.95 Å². The number of carbonyl (C=O) groups excluding carboxylic acids is 1. The standard InChI is InChI=1S/C26H28ClN7O/c1-3-32-10-12-33(13-11-32)22-9-8-18(14-17(22)2)30-26-29-15-21(27)25(31-26)34-16-20(24(28)35)19-6-4-5-7-23(19)34/h4-9,14-16H,3,10-13H2,1-2H3,(H2,28,35)(H,29,30,31). The summed E-state index contributed by atoms with van der Waals surface area (Å²) in [5.74, 6) is 0.372. The molecule has 4 aromatic rings. The van der Waals surface area contributed by atoms with Gasteiger partial charge in [-0.15, -0.1) is 0 Å². The number of nitrogens with zero attached hydrogens (tertiary/aromatic N) is 5. The van der Waals surface area contributed by atoms with Crippen LogP contribution in [0.1, 0.15) is 22.8 Å². The number of piperazine rings is 1. The average molecular weight is 490 g/mol. The lowest BCUT2D eigenvalue weighted by atomic mass is 10.1. The van der Waals surface area contributed by atoms with Crippen LogP contribution in [0.25, 0.3) is 16.7 Å². The van der Waals surface area contributed by atoms with E-state index in [4.69, 9.17) is 17.3 Å². The molecule has 0 saturated carbocycles. The molecule has 1 aliphatic rings. The molecule has 5 rings (SSSR count). The van der Waals surface area contributed by atoms with Crippen LogP contribution in [0.15, 0.2) is 54.9 Å². The van der Waals surface area contributed by atoms with E-state index >= 15 is 0 Å². The Morgan fingerprint density at radius 2 is 1.91 bits per heavy atom. The van der Waals surface area contributed by atoms with Crippen molar-refractivity contribution in [2.45, 2.75) is 13.8 Å². The molecule has 3 N–H and O–H groups in total. The summed E-state index contributed by atoms with van der Waals surface area (Å²) in [7, 11) is 0. The van der Waals surface area contributed by atoms with Gasteiger partial charge in [-0.1, -0.05) is 36.7 Å². The van der Waals surface area contributed by atoms with Gasteiger partial charge < -0.3 is 20.9 Å². The molecule has 8 nitrogen and oxygen atoms in total. The normalized spacial score (nSPS) is 14.4. The zero-order valence-corrected chi connectivity index (χ0v) is 20.6. The van der Waals surface area contributed by atoms with Crippen LogP contribution >= 0.6 is 11.6 Å². The molecule has 1 fully saturated rings. The van der Waals surface area contributed by atoms with Gasteiger partial charge in [0.15, 0.2) is 5.82 Å². The summed E-state index contributed by atoms with van der Waals surface area (Å²) in [6.45, 7) is 9.67. The van der Waals surface area contributed by atoms with Crippen LogP contribution in [-0.4, -0.2) is 58.1 Å². The Hall–Kier alpha value is -3.62. The molecule has 1 aliphatic heterocycles. The lowest BCUT2D eigenvalue weighted by molar-refractivity contribution is 0.100. The molecule has 1 amide bonds. The molecule has 0 spiro atoms. The number of aromatic nitrogens is 3. The number of nitrogens with one attached hydrogen (secondary N) is 1. The number of fused-ring (bicyclic) bond motifs is 1. The number of aryl methyl sites for hydroxylation is 1. The van der Waals surface area contributed by atoms with Gasteiger partial charge in [0.05, 0.1) is 17.3 Å². The summed E-state index contributed by atoms with van der Waals surface area (Å²) < 4.78 is 1.77. The number of benzene rings is 2. The summed E-state index contributed by atoms with van der Waals surface area (Å²) >= 11 is 6.48. The van der Waals surface area contributed by atoms with E-state index in [-0.39, 0.29) is 0 Å². The van der Waals surface area contributed by atoms with E-state index in [1.807, 2.05) is 30.3 Å². The zero-order chi connectivity index (χ0) is 24.5. The number of carbonyl (C=O) groups is 1. The van der Waals surface area contributed by atoms with Crippen molar-refractivity contribution in [3.05, 3.63) is 71.0 Å². The predicted octanol–water partition coefficient (Wildman–Crippen LogP) is 4.37. The highest BCUT2D eigenvalue weighted by molar-refractivity contribution is 6.32. The summed E-state index contributed by atoms with van der Waals surface area (Å²) in [6.07, 6.45) is 3.22. The second-order valence-electron chi connectivity index (χ2n) is 8.71. The minimum absolute atomic E-state index is 0.366. The van der Waals surface area contributed by atoms with E-state index < -0.39 is 5.91 Å². The highest BCUT2D eigenvalue weighted by atomic mass is 35.5. The van der Waals surface area contributed by atoms with Crippen molar-refractivity contribution in [1.29, 1.82) is 0 Å². The first kappa shape index (κ1) is 23.1. The van der Waals surface area contributed by atoms with Gasteiger partial charge in [-0.05, 0) is 43.3 Å². The molecule has 3 heterocycles. The van der Waals surface area contributed by atoms with Crippen LogP contribution in [0.2, 0.25) is 5.02 Å². The topological polar surface area (TPSA) is 92.3 Å². The summed E-state index contributed by atoms with van der Waals surface area (Å²) in [5.41, 5.74) is 10.1. The summed E-state index contributed by atoms with van der Waals surface area (Å²) in [4.78, 5) is 25.9. The van der Waals surface area contributed by atoms with Gasteiger partial charge in [0, 0.05) is 49.1 Å². The number of anilines is 3. The summed E-state index contributed by atoms with van der Waals surface area (Å²) in [5, 5.41) is 4.40. The Labute approximate surface area is 209 Å². The van der Waals surface area contributed by atoms with Crippen LogP contribution in [0.4, 0.5) is 17.3 Å². The fraction of sp³-hybridized carbons (Fsp3) is 0.269. The van der Waals surface area contributed by atoms with E-state index in [1.165, 1.54) is 11.3 Å². The maximum atomic E-state index is 12.0. The van der Waals surface area contributed by atoms with E-state index in [0.717, 1.165) is 49.3 Å². The molecule has 0 bridgehead atoms. The number of hydrogen-bond acceptors (Lipinski definition) is 6. The van der Waals surface area contributed by atoms with Gasteiger partial charge in [0.1, 0.15) is 5.02 Å². The minimum atomic E-state index is -0.504. The Bertz CT molecular complexity index is 1390. The molecule has 2 aromatic heterocycles. The van der Waals surface area contributed by atoms with Gasteiger partial charge in [-0.25, -0.2) is 4.98 Å². The molecule has 180 valence electrons. The van der Waals surface area contributed by atoms with Crippen molar-refractivity contribution in [2.75, 3.05) is 42.9 Å². The number of rotatable bonds is 6. The molecule has 0 aliphatic carbocycles. The van der Waals surface area contributed by atoms with E-state index in [1.54, 1.807) is 17.0 Å². The SMILES string of the molecule is CCN1CCN(c2ccc(Nc3ncc(Cl)c(-n4cc(C(N)=O)c5ccccc54)n3)cc2C)CC1. The third-order valence-electron chi connectivity index (χ3n) is 6.54. The number of likely N-dealkylation sites (N-methyl/N-ethyl adjacent to an activating group) is 1. The molecular formula is C26H28ClN7O. The Balaban J connectivity index is 1.42. The number of nitrogens with two attached hydrogens (primary N) is 1. The number of amides is 1. The number of para-hydroxylation sites is 1. The molecule has 1 saturated heterocycles. The van der Waals surface area contributed by atoms with Crippen LogP contribution in [0.3, 0.4) is 0 Å². The van der Waals surface area contributed by atoms with Gasteiger partial charge in [0.25, 0.3) is 5.91 Å². The molecule has 2 aromatic carbocycles. The quantitative estimate of drug-likeness (QED) is 0.418. The Kier molecular flexibility index (Phi) is 6.32. The number of halogens is 1. The smallest absolute Gasteiger partial charge is 0.250 e. The molecule has 0 atom stereocenters. The lowest BCUT2D eigenvalue weighted by Crippen LogP contribution is -2.46. The number of primary amides is 1. The van der Waals surface area contributed by atoms with Crippen molar-refractivity contribution in [3.8, 4) is 5.82 Å². The second-order valence-corrected chi connectivity index (χ2v) is 9.11. The molecule has 35 heavy (non-hydrogen) atoms. The van der Waals surface area contributed by atoms with Crippen molar-refractivity contribution < 1.29 is 4.79 Å².